The molecular weight excluding hydrogens is 224 g/mol. The fourth-order valence-corrected chi connectivity index (χ4v) is 1.37. The van der Waals surface area contributed by atoms with Crippen molar-refractivity contribution in [3.05, 3.63) is 16.5 Å². The second-order valence-electron chi connectivity index (χ2n) is 5.15. The number of aryl methyl sites for hydroxylation is 1. The van der Waals surface area contributed by atoms with Crippen LogP contribution in [0, 0.1) is 19.3 Å². The van der Waals surface area contributed by atoms with Crippen LogP contribution in [-0.2, 0) is 0 Å². The zero-order valence-corrected chi connectivity index (χ0v) is 11.4. The average molecular weight is 243 g/mol. The Morgan fingerprint density at radius 2 is 1.81 bits per heavy atom. The van der Waals surface area contributed by atoms with Gasteiger partial charge in [-0.1, -0.05) is 32.4 Å². The lowest BCUT2D eigenvalue weighted by atomic mass is 9.93. The van der Waals surface area contributed by atoms with Gasteiger partial charge in [-0.05, 0) is 25.7 Å². The highest BCUT2D eigenvalue weighted by Gasteiger charge is 2.12. The Balaban J connectivity index is 2.67. The van der Waals surface area contributed by atoms with Gasteiger partial charge < -0.3 is 4.74 Å². The van der Waals surface area contributed by atoms with E-state index in [4.69, 9.17) is 16.3 Å². The minimum absolute atomic E-state index is 0.264. The fraction of sp³-hybridized carbons (Fsp3) is 0.667. The molecule has 0 aliphatic heterocycles. The van der Waals surface area contributed by atoms with E-state index in [0.717, 1.165) is 12.0 Å². The monoisotopic (exact) mass is 242 g/mol. The van der Waals surface area contributed by atoms with Crippen LogP contribution in [0.4, 0.5) is 0 Å². The molecule has 0 unspecified atom stereocenters. The molecule has 4 heteroatoms. The first-order valence-corrected chi connectivity index (χ1v) is 5.81. The molecule has 90 valence electrons. The number of hydrogen-bond acceptors (Lipinski definition) is 3. The van der Waals surface area contributed by atoms with Gasteiger partial charge in [-0.15, -0.1) is 0 Å². The largest absolute Gasteiger partial charge is 0.477 e. The quantitative estimate of drug-likeness (QED) is 0.761. The zero-order valence-electron chi connectivity index (χ0n) is 10.6. The summed E-state index contributed by atoms with van der Waals surface area (Å²) in [6.07, 6.45) is 0.979. The number of hydrogen-bond donors (Lipinski definition) is 0. The maximum Gasteiger partial charge on any atom is 0.221 e. The standard InChI is InChI=1S/C12H19ClN2O/c1-8-10(13)14-9(2)15-11(8)16-7-6-12(3,4)5/h6-7H2,1-5H3. The number of nitrogens with zero attached hydrogens (tertiary/aromatic N) is 2. The van der Waals surface area contributed by atoms with Crippen molar-refractivity contribution in [2.75, 3.05) is 6.61 Å². The van der Waals surface area contributed by atoms with E-state index in [1.54, 1.807) is 0 Å². The summed E-state index contributed by atoms with van der Waals surface area (Å²) in [6.45, 7) is 10.9. The molecule has 3 nitrogen and oxygen atoms in total. The molecule has 0 bridgehead atoms. The summed E-state index contributed by atoms with van der Waals surface area (Å²) in [5.74, 6) is 1.24. The lowest BCUT2D eigenvalue weighted by Crippen LogP contribution is -2.12. The Hall–Kier alpha value is -0.830. The third kappa shape index (κ3) is 3.97. The molecule has 0 spiro atoms. The molecule has 0 aliphatic carbocycles. The van der Waals surface area contributed by atoms with E-state index in [2.05, 4.69) is 30.7 Å². The van der Waals surface area contributed by atoms with Crippen LogP contribution in [0.1, 0.15) is 38.6 Å². The molecular formula is C12H19ClN2O. The normalized spacial score (nSPS) is 11.6. The van der Waals surface area contributed by atoms with Crippen LogP contribution in [0.25, 0.3) is 0 Å². The summed E-state index contributed by atoms with van der Waals surface area (Å²) >= 11 is 5.96. The van der Waals surface area contributed by atoms with Crippen LogP contribution in [0.3, 0.4) is 0 Å². The zero-order chi connectivity index (χ0) is 12.3. The number of rotatable bonds is 3. The van der Waals surface area contributed by atoms with Gasteiger partial charge in [0.25, 0.3) is 0 Å². The smallest absolute Gasteiger partial charge is 0.221 e. The first-order valence-electron chi connectivity index (χ1n) is 5.43. The minimum atomic E-state index is 0.264. The SMILES string of the molecule is Cc1nc(Cl)c(C)c(OCCC(C)(C)C)n1. The van der Waals surface area contributed by atoms with Gasteiger partial charge in [0, 0.05) is 5.56 Å². The van der Waals surface area contributed by atoms with Crippen LogP contribution in [-0.4, -0.2) is 16.6 Å². The highest BCUT2D eigenvalue weighted by Crippen LogP contribution is 2.23. The maximum absolute atomic E-state index is 5.96. The van der Waals surface area contributed by atoms with Crippen molar-refractivity contribution in [3.63, 3.8) is 0 Å². The molecule has 0 saturated heterocycles. The molecule has 1 aromatic rings. The topological polar surface area (TPSA) is 35.0 Å². The number of ether oxygens (including phenoxy) is 1. The highest BCUT2D eigenvalue weighted by molar-refractivity contribution is 6.30. The Labute approximate surface area is 102 Å². The molecule has 0 radical (unpaired) electrons. The van der Waals surface area contributed by atoms with E-state index in [-0.39, 0.29) is 5.41 Å². The second-order valence-corrected chi connectivity index (χ2v) is 5.51. The number of aromatic nitrogens is 2. The molecule has 0 saturated carbocycles. The van der Waals surface area contributed by atoms with Crippen LogP contribution < -0.4 is 4.74 Å². The molecule has 0 amide bonds. The van der Waals surface area contributed by atoms with E-state index in [1.165, 1.54) is 0 Å². The molecule has 1 heterocycles. The Bertz CT molecular complexity index is 372. The second kappa shape index (κ2) is 5.00. The highest BCUT2D eigenvalue weighted by atomic mass is 35.5. The van der Waals surface area contributed by atoms with Gasteiger partial charge in [0.05, 0.1) is 6.61 Å². The summed E-state index contributed by atoms with van der Waals surface area (Å²) in [6, 6.07) is 0. The minimum Gasteiger partial charge on any atom is -0.477 e. The summed E-state index contributed by atoms with van der Waals surface area (Å²) < 4.78 is 5.64. The van der Waals surface area contributed by atoms with Crippen molar-refractivity contribution >= 4 is 11.6 Å². The molecule has 1 rings (SSSR count). The van der Waals surface area contributed by atoms with E-state index < -0.39 is 0 Å². The molecule has 0 N–H and O–H groups in total. The van der Waals surface area contributed by atoms with Crippen molar-refractivity contribution in [2.24, 2.45) is 5.41 Å². The van der Waals surface area contributed by atoms with Crippen LogP contribution in [0.15, 0.2) is 0 Å². The van der Waals surface area contributed by atoms with Crippen LogP contribution in [0.2, 0.25) is 5.15 Å². The van der Waals surface area contributed by atoms with Gasteiger partial charge >= 0.3 is 0 Å². The van der Waals surface area contributed by atoms with Crippen molar-refractivity contribution in [1.29, 1.82) is 0 Å². The lowest BCUT2D eigenvalue weighted by molar-refractivity contribution is 0.234. The van der Waals surface area contributed by atoms with E-state index >= 15 is 0 Å². The molecule has 0 fully saturated rings. The third-order valence-corrected chi connectivity index (χ3v) is 2.61. The summed E-state index contributed by atoms with van der Waals surface area (Å²) in [7, 11) is 0. The summed E-state index contributed by atoms with van der Waals surface area (Å²) in [5.41, 5.74) is 1.07. The van der Waals surface area contributed by atoms with Crippen molar-refractivity contribution < 1.29 is 4.74 Å². The van der Waals surface area contributed by atoms with Gasteiger partial charge in [0.15, 0.2) is 0 Å². The first kappa shape index (κ1) is 13.2. The van der Waals surface area contributed by atoms with Crippen molar-refractivity contribution in [2.45, 2.75) is 41.0 Å². The fourth-order valence-electron chi connectivity index (χ4n) is 1.16. The summed E-state index contributed by atoms with van der Waals surface area (Å²) in [4.78, 5) is 8.30. The van der Waals surface area contributed by atoms with E-state index in [9.17, 15) is 0 Å². The Morgan fingerprint density at radius 3 is 2.38 bits per heavy atom. The van der Waals surface area contributed by atoms with Crippen molar-refractivity contribution in [1.82, 2.24) is 9.97 Å². The predicted molar refractivity (Wildman–Crippen MR) is 66.1 cm³/mol. The Morgan fingerprint density at radius 1 is 1.19 bits per heavy atom. The maximum atomic E-state index is 5.96. The van der Waals surface area contributed by atoms with Gasteiger partial charge in [-0.3, -0.25) is 0 Å². The molecule has 0 aromatic carbocycles. The molecule has 0 aliphatic rings. The summed E-state index contributed by atoms with van der Waals surface area (Å²) in [5, 5.41) is 0.471. The predicted octanol–water partition coefficient (Wildman–Crippen LogP) is 3.56. The van der Waals surface area contributed by atoms with Gasteiger partial charge in [-0.25, -0.2) is 4.98 Å². The molecule has 0 atom stereocenters. The van der Waals surface area contributed by atoms with E-state index in [0.29, 0.717) is 23.5 Å². The average Bonchev–Trinajstić information content (AvgIpc) is 2.11. The first-order chi connectivity index (χ1) is 7.29. The third-order valence-electron chi connectivity index (χ3n) is 2.24. The van der Waals surface area contributed by atoms with Gasteiger partial charge in [-0.2, -0.15) is 4.98 Å². The Kier molecular flexibility index (Phi) is 4.14. The number of halogens is 1. The molecule has 16 heavy (non-hydrogen) atoms. The van der Waals surface area contributed by atoms with E-state index in [1.807, 2.05) is 13.8 Å². The lowest BCUT2D eigenvalue weighted by Gasteiger charge is -2.18. The van der Waals surface area contributed by atoms with Crippen LogP contribution >= 0.6 is 11.6 Å². The van der Waals surface area contributed by atoms with Crippen molar-refractivity contribution in [3.8, 4) is 5.88 Å². The van der Waals surface area contributed by atoms with Gasteiger partial charge in [0.1, 0.15) is 11.0 Å². The molecule has 1 aromatic heterocycles. The van der Waals surface area contributed by atoms with Crippen LogP contribution in [0.5, 0.6) is 5.88 Å². The van der Waals surface area contributed by atoms with Gasteiger partial charge in [0.2, 0.25) is 5.88 Å².